The average molecular weight is 485 g/mol. The molecule has 3 N–H and O–H groups in total. The lowest BCUT2D eigenvalue weighted by atomic mass is 9.61. The van der Waals surface area contributed by atoms with Gasteiger partial charge in [0.15, 0.2) is 11.4 Å². The zero-order valence-electron chi connectivity index (χ0n) is 19.6. The second-order valence-corrected chi connectivity index (χ2v) is 9.43. The third-order valence-electron chi connectivity index (χ3n) is 6.34. The van der Waals surface area contributed by atoms with Crippen LogP contribution >= 0.6 is 0 Å². The highest BCUT2D eigenvalue weighted by molar-refractivity contribution is 5.97. The first-order valence-corrected chi connectivity index (χ1v) is 10.9. The van der Waals surface area contributed by atoms with Crippen LogP contribution in [0.2, 0.25) is 0 Å². The standard InChI is InChI=1S/C24H25F2N5O4/c1-12-6-5-8-27-14(12)21(23(2)10-24(25,26)11-23)30-16-15(19(33)20(16)34)29-13-7-9-28-17(18(13)32)22(35)31(3)4/h5-9,21,30,32H,10-11H2,1-4H3,(H,28,29)/t21-/m0/s1. The Balaban J connectivity index is 1.70. The highest BCUT2D eigenvalue weighted by Crippen LogP contribution is 2.58. The minimum Gasteiger partial charge on any atom is -0.504 e. The van der Waals surface area contributed by atoms with Crippen LogP contribution in [-0.2, 0) is 0 Å². The van der Waals surface area contributed by atoms with E-state index in [1.807, 2.05) is 0 Å². The lowest BCUT2D eigenvalue weighted by Gasteiger charge is -2.50. The van der Waals surface area contributed by atoms with Gasteiger partial charge in [-0.15, -0.1) is 0 Å². The number of rotatable bonds is 7. The van der Waals surface area contributed by atoms with Crippen LogP contribution in [0.25, 0.3) is 0 Å². The molecule has 2 aromatic heterocycles. The van der Waals surface area contributed by atoms with Gasteiger partial charge in [-0.2, -0.15) is 0 Å². The maximum atomic E-state index is 13.9. The van der Waals surface area contributed by atoms with Gasteiger partial charge >= 0.3 is 0 Å². The fraction of sp³-hybridized carbons (Fsp3) is 0.375. The first kappa shape index (κ1) is 24.2. The molecule has 1 fully saturated rings. The molecule has 35 heavy (non-hydrogen) atoms. The summed E-state index contributed by atoms with van der Waals surface area (Å²) in [6.07, 6.45) is 1.99. The van der Waals surface area contributed by atoms with E-state index >= 15 is 0 Å². The van der Waals surface area contributed by atoms with Crippen molar-refractivity contribution in [3.8, 4) is 5.75 Å². The fourth-order valence-electron chi connectivity index (χ4n) is 4.56. The van der Waals surface area contributed by atoms with Gasteiger partial charge in [0.25, 0.3) is 16.8 Å². The number of pyridine rings is 2. The van der Waals surface area contributed by atoms with E-state index in [2.05, 4.69) is 20.6 Å². The molecule has 1 aliphatic rings. The molecular weight excluding hydrogens is 460 g/mol. The summed E-state index contributed by atoms with van der Waals surface area (Å²) in [5.74, 6) is -3.88. The van der Waals surface area contributed by atoms with Crippen LogP contribution in [0.4, 0.5) is 25.8 Å². The molecule has 0 aliphatic heterocycles. The summed E-state index contributed by atoms with van der Waals surface area (Å²) in [5.41, 5.74) is -1.84. The van der Waals surface area contributed by atoms with Gasteiger partial charge in [0.05, 0.1) is 17.4 Å². The van der Waals surface area contributed by atoms with Crippen LogP contribution in [0.15, 0.2) is 40.2 Å². The maximum Gasteiger partial charge on any atom is 0.275 e. The van der Waals surface area contributed by atoms with E-state index < -0.39 is 52.7 Å². The van der Waals surface area contributed by atoms with Crippen molar-refractivity contribution in [2.75, 3.05) is 24.7 Å². The van der Waals surface area contributed by atoms with Crippen molar-refractivity contribution < 1.29 is 18.7 Å². The maximum absolute atomic E-state index is 13.9. The number of alkyl halides is 2. The Labute approximate surface area is 199 Å². The minimum absolute atomic E-state index is 0.00712. The number of hydrogen-bond acceptors (Lipinski definition) is 8. The predicted molar refractivity (Wildman–Crippen MR) is 126 cm³/mol. The normalized spacial score (nSPS) is 16.9. The van der Waals surface area contributed by atoms with Crippen LogP contribution < -0.4 is 21.5 Å². The van der Waals surface area contributed by atoms with Gasteiger partial charge in [-0.05, 0) is 24.6 Å². The Kier molecular flexibility index (Phi) is 5.82. The number of aryl methyl sites for hydroxylation is 1. The average Bonchev–Trinajstić information content (AvgIpc) is 2.78. The summed E-state index contributed by atoms with van der Waals surface area (Å²) in [5, 5.41) is 16.2. The summed E-state index contributed by atoms with van der Waals surface area (Å²) in [4.78, 5) is 46.7. The number of carbonyl (C=O) groups is 1. The van der Waals surface area contributed by atoms with Crippen LogP contribution in [0, 0.1) is 12.3 Å². The predicted octanol–water partition coefficient (Wildman–Crippen LogP) is 3.12. The van der Waals surface area contributed by atoms with E-state index in [1.54, 1.807) is 26.0 Å². The number of aromatic hydroxyl groups is 1. The molecule has 0 spiro atoms. The number of amides is 1. The Hall–Kier alpha value is -3.89. The molecule has 0 radical (unpaired) electrons. The van der Waals surface area contributed by atoms with E-state index in [4.69, 9.17) is 0 Å². The molecule has 9 nitrogen and oxygen atoms in total. The van der Waals surface area contributed by atoms with Crippen molar-refractivity contribution in [3.05, 3.63) is 68.0 Å². The largest absolute Gasteiger partial charge is 0.504 e. The second kappa shape index (κ2) is 8.40. The van der Waals surface area contributed by atoms with E-state index in [0.717, 1.165) is 5.56 Å². The van der Waals surface area contributed by atoms with E-state index in [-0.39, 0.29) is 22.8 Å². The number of hydrogen-bond donors (Lipinski definition) is 3. The van der Waals surface area contributed by atoms with Crippen molar-refractivity contribution in [3.63, 3.8) is 0 Å². The van der Waals surface area contributed by atoms with Crippen LogP contribution in [-0.4, -0.2) is 45.9 Å². The molecule has 4 rings (SSSR count). The molecule has 1 atom stereocenters. The molecule has 3 aromatic rings. The highest BCUT2D eigenvalue weighted by Gasteiger charge is 2.58. The number of halogens is 2. The van der Waals surface area contributed by atoms with Gasteiger partial charge < -0.3 is 20.6 Å². The number of anilines is 3. The molecule has 0 saturated heterocycles. The molecule has 1 aromatic carbocycles. The minimum atomic E-state index is -2.83. The van der Waals surface area contributed by atoms with Crippen molar-refractivity contribution in [1.29, 1.82) is 0 Å². The first-order valence-electron chi connectivity index (χ1n) is 10.9. The van der Waals surface area contributed by atoms with Gasteiger partial charge in [0, 0.05) is 44.7 Å². The quantitative estimate of drug-likeness (QED) is 0.436. The Bertz CT molecular complexity index is 1370. The molecule has 1 aliphatic carbocycles. The third-order valence-corrected chi connectivity index (χ3v) is 6.34. The molecule has 11 heteroatoms. The van der Waals surface area contributed by atoms with Crippen molar-refractivity contribution in [1.82, 2.24) is 14.9 Å². The van der Waals surface area contributed by atoms with Gasteiger partial charge in [0.2, 0.25) is 5.92 Å². The molecular formula is C24H25F2N5O4. The Morgan fingerprint density at radius 3 is 2.37 bits per heavy atom. The zero-order chi connectivity index (χ0) is 25.7. The Morgan fingerprint density at radius 2 is 1.77 bits per heavy atom. The smallest absolute Gasteiger partial charge is 0.275 e. The zero-order valence-corrected chi connectivity index (χ0v) is 19.6. The molecule has 1 amide bonds. The van der Waals surface area contributed by atoms with Crippen molar-refractivity contribution >= 4 is 23.0 Å². The number of carbonyl (C=O) groups excluding carboxylic acids is 1. The lowest BCUT2D eigenvalue weighted by Crippen LogP contribution is -2.51. The topological polar surface area (TPSA) is 125 Å². The SMILES string of the molecule is Cc1cccnc1[C@H](Nc1c(Nc2ccnc(C(=O)N(C)C)c2O)c(=O)c1=O)C1(C)CC(F)(F)C1. The lowest BCUT2D eigenvalue weighted by molar-refractivity contribution is -0.161. The van der Waals surface area contributed by atoms with Crippen molar-refractivity contribution in [2.45, 2.75) is 38.7 Å². The highest BCUT2D eigenvalue weighted by atomic mass is 19.3. The third kappa shape index (κ3) is 4.22. The summed E-state index contributed by atoms with van der Waals surface area (Å²) >= 11 is 0. The fourth-order valence-corrected chi connectivity index (χ4v) is 4.56. The van der Waals surface area contributed by atoms with Crippen LogP contribution in [0.3, 0.4) is 0 Å². The van der Waals surface area contributed by atoms with Gasteiger partial charge in [-0.3, -0.25) is 19.4 Å². The van der Waals surface area contributed by atoms with Crippen LogP contribution in [0.5, 0.6) is 5.75 Å². The number of nitrogens with one attached hydrogen (secondary N) is 2. The van der Waals surface area contributed by atoms with E-state index in [0.29, 0.717) is 5.69 Å². The molecule has 184 valence electrons. The molecule has 2 heterocycles. The second-order valence-electron chi connectivity index (χ2n) is 9.43. The summed E-state index contributed by atoms with van der Waals surface area (Å²) < 4.78 is 27.8. The van der Waals surface area contributed by atoms with Gasteiger partial charge in [-0.1, -0.05) is 13.0 Å². The molecule has 0 unspecified atom stereocenters. The van der Waals surface area contributed by atoms with E-state index in [9.17, 15) is 28.3 Å². The summed E-state index contributed by atoms with van der Waals surface area (Å²) in [7, 11) is 2.99. The summed E-state index contributed by atoms with van der Waals surface area (Å²) in [6.45, 7) is 3.47. The van der Waals surface area contributed by atoms with Gasteiger partial charge in [0.1, 0.15) is 11.4 Å². The number of nitrogens with zero attached hydrogens (tertiary/aromatic N) is 3. The Morgan fingerprint density at radius 1 is 1.11 bits per heavy atom. The van der Waals surface area contributed by atoms with Gasteiger partial charge in [-0.25, -0.2) is 13.8 Å². The number of aromatic nitrogens is 2. The monoisotopic (exact) mass is 485 g/mol. The first-order chi connectivity index (χ1) is 16.3. The van der Waals surface area contributed by atoms with Crippen molar-refractivity contribution in [2.24, 2.45) is 5.41 Å². The van der Waals surface area contributed by atoms with E-state index in [1.165, 1.54) is 37.5 Å². The summed E-state index contributed by atoms with van der Waals surface area (Å²) in [6, 6.07) is 4.08. The molecule has 1 saturated carbocycles. The molecule has 0 bridgehead atoms. The van der Waals surface area contributed by atoms with Crippen LogP contribution in [0.1, 0.15) is 47.6 Å².